The zero-order chi connectivity index (χ0) is 20.3. The minimum absolute atomic E-state index is 0.0754. The van der Waals surface area contributed by atoms with Gasteiger partial charge in [-0.25, -0.2) is 4.79 Å². The molecule has 0 aliphatic carbocycles. The Labute approximate surface area is 170 Å². The van der Waals surface area contributed by atoms with E-state index in [1.54, 1.807) is 30.3 Å². The fourth-order valence-corrected chi connectivity index (χ4v) is 2.93. The van der Waals surface area contributed by atoms with E-state index in [9.17, 15) is 4.79 Å². The number of ether oxygens (including phenoxy) is 3. The van der Waals surface area contributed by atoms with Crippen molar-refractivity contribution < 1.29 is 23.4 Å². The van der Waals surface area contributed by atoms with Crippen molar-refractivity contribution in [3.8, 4) is 28.6 Å². The summed E-state index contributed by atoms with van der Waals surface area (Å²) in [6.07, 6.45) is 3.02. The highest BCUT2D eigenvalue weighted by molar-refractivity contribution is 6.16. The lowest BCUT2D eigenvalue weighted by Gasteiger charge is -2.10. The number of aromatic nitrogens is 4. The molecule has 30 heavy (non-hydrogen) atoms. The van der Waals surface area contributed by atoms with Gasteiger partial charge in [0, 0.05) is 17.7 Å². The zero-order valence-electron chi connectivity index (χ0n) is 15.5. The molecule has 0 bridgehead atoms. The van der Waals surface area contributed by atoms with Crippen LogP contribution in [0.25, 0.3) is 23.2 Å². The summed E-state index contributed by atoms with van der Waals surface area (Å²) in [5, 5.41) is 11.8. The lowest BCUT2D eigenvalue weighted by atomic mass is 10.2. The Morgan fingerprint density at radius 1 is 1.03 bits per heavy atom. The van der Waals surface area contributed by atoms with Crippen LogP contribution in [0.15, 0.2) is 71.3 Å². The molecule has 0 atom stereocenters. The molecule has 5 rings (SSSR count). The van der Waals surface area contributed by atoms with Crippen molar-refractivity contribution in [1.82, 2.24) is 20.2 Å². The molecule has 148 valence electrons. The van der Waals surface area contributed by atoms with E-state index in [1.165, 1.54) is 17.0 Å². The molecule has 0 amide bonds. The molecule has 0 spiro atoms. The molecule has 0 radical (unpaired) electrons. The largest absolute Gasteiger partial charge is 0.465 e. The molecule has 9 nitrogen and oxygen atoms in total. The van der Waals surface area contributed by atoms with Crippen molar-refractivity contribution in [2.75, 3.05) is 6.79 Å². The molecule has 1 aliphatic heterocycles. The first-order valence-electron chi connectivity index (χ1n) is 8.99. The van der Waals surface area contributed by atoms with Crippen LogP contribution in [0.3, 0.4) is 0 Å². The van der Waals surface area contributed by atoms with Gasteiger partial charge in [-0.2, -0.15) is 4.68 Å². The average molecular weight is 402 g/mol. The van der Waals surface area contributed by atoms with Crippen LogP contribution in [0, 0.1) is 0 Å². The number of nitrogens with zero attached hydrogens (tertiary/aromatic N) is 4. The molecule has 0 saturated carbocycles. The van der Waals surface area contributed by atoms with Crippen LogP contribution in [0.2, 0.25) is 0 Å². The number of carbonyl (C=O) groups is 1. The number of carbonyl (C=O) groups excluding carboxylic acids is 1. The molecular weight excluding hydrogens is 388 g/mol. The van der Waals surface area contributed by atoms with E-state index in [4.69, 9.17) is 18.6 Å². The third-order valence-electron chi connectivity index (χ3n) is 4.32. The molecule has 0 N–H and O–H groups in total. The summed E-state index contributed by atoms with van der Waals surface area (Å²) in [5.41, 5.74) is 0.815. The van der Waals surface area contributed by atoms with Gasteiger partial charge in [0.2, 0.25) is 6.79 Å². The molecule has 0 fully saturated rings. The number of benzene rings is 2. The molecule has 2 aromatic carbocycles. The Morgan fingerprint density at radius 2 is 1.90 bits per heavy atom. The van der Waals surface area contributed by atoms with Crippen molar-refractivity contribution >= 4 is 17.7 Å². The van der Waals surface area contributed by atoms with Gasteiger partial charge in [-0.05, 0) is 34.7 Å². The van der Waals surface area contributed by atoms with Crippen molar-refractivity contribution in [3.05, 3.63) is 72.7 Å². The maximum atomic E-state index is 13.1. The number of hydrogen-bond donors (Lipinski definition) is 0. The molecule has 2 aromatic heterocycles. The van der Waals surface area contributed by atoms with Gasteiger partial charge in [0.05, 0.1) is 6.26 Å². The smallest absolute Gasteiger partial charge is 0.362 e. The number of furan rings is 1. The normalized spacial score (nSPS) is 12.7. The van der Waals surface area contributed by atoms with Crippen molar-refractivity contribution in [1.29, 1.82) is 0 Å². The predicted molar refractivity (Wildman–Crippen MR) is 104 cm³/mol. The average Bonchev–Trinajstić information content (AvgIpc) is 3.53. The van der Waals surface area contributed by atoms with Crippen LogP contribution in [0.4, 0.5) is 0 Å². The standard InChI is InChI=1S/C21H14N4O5/c26-21(30-16-8-9-18-19(12-16)29-13-28-18)17(11-15-7-4-10-27-15)25-20(22-23-24-25)14-5-2-1-3-6-14/h1-12H,13H2. The molecular formula is C21H14N4O5. The van der Waals surface area contributed by atoms with E-state index < -0.39 is 5.97 Å². The van der Waals surface area contributed by atoms with E-state index in [2.05, 4.69) is 15.5 Å². The summed E-state index contributed by atoms with van der Waals surface area (Å²) in [6.45, 7) is 0.126. The molecule has 9 heteroatoms. The minimum Gasteiger partial charge on any atom is -0.465 e. The highest BCUT2D eigenvalue weighted by Gasteiger charge is 2.23. The van der Waals surface area contributed by atoms with Crippen LogP contribution in [0.5, 0.6) is 17.2 Å². The molecule has 3 heterocycles. The van der Waals surface area contributed by atoms with E-state index in [0.717, 1.165) is 5.56 Å². The maximum absolute atomic E-state index is 13.1. The minimum atomic E-state index is -0.672. The Morgan fingerprint density at radius 3 is 2.73 bits per heavy atom. The third-order valence-corrected chi connectivity index (χ3v) is 4.32. The Kier molecular flexibility index (Phi) is 4.45. The Bertz CT molecular complexity index is 1220. The van der Waals surface area contributed by atoms with Crippen molar-refractivity contribution in [2.24, 2.45) is 0 Å². The maximum Gasteiger partial charge on any atom is 0.362 e. The monoisotopic (exact) mass is 402 g/mol. The topological polar surface area (TPSA) is 102 Å². The van der Waals surface area contributed by atoms with Crippen LogP contribution in [0.1, 0.15) is 5.76 Å². The van der Waals surface area contributed by atoms with Crippen LogP contribution in [-0.2, 0) is 4.79 Å². The van der Waals surface area contributed by atoms with E-state index in [1.807, 2.05) is 30.3 Å². The first-order chi connectivity index (χ1) is 14.8. The zero-order valence-corrected chi connectivity index (χ0v) is 15.5. The lowest BCUT2D eigenvalue weighted by Crippen LogP contribution is -2.17. The summed E-state index contributed by atoms with van der Waals surface area (Å²) in [4.78, 5) is 13.1. The molecule has 0 unspecified atom stereocenters. The highest BCUT2D eigenvalue weighted by atomic mass is 16.7. The number of hydrogen-bond acceptors (Lipinski definition) is 8. The van der Waals surface area contributed by atoms with Gasteiger partial charge < -0.3 is 18.6 Å². The van der Waals surface area contributed by atoms with Gasteiger partial charge in [-0.3, -0.25) is 0 Å². The van der Waals surface area contributed by atoms with Crippen molar-refractivity contribution in [3.63, 3.8) is 0 Å². The van der Waals surface area contributed by atoms with Gasteiger partial charge in [0.25, 0.3) is 0 Å². The van der Waals surface area contributed by atoms with Crippen molar-refractivity contribution in [2.45, 2.75) is 0 Å². The number of fused-ring (bicyclic) bond motifs is 1. The predicted octanol–water partition coefficient (Wildman–Crippen LogP) is 3.27. The summed E-state index contributed by atoms with van der Waals surface area (Å²) < 4.78 is 22.9. The molecule has 4 aromatic rings. The fraction of sp³-hybridized carbons (Fsp3) is 0.0476. The first kappa shape index (κ1) is 17.7. The second kappa shape index (κ2) is 7.55. The first-order valence-corrected chi connectivity index (χ1v) is 8.99. The molecule has 0 saturated heterocycles. The second-order valence-electron chi connectivity index (χ2n) is 6.23. The fourth-order valence-electron chi connectivity index (χ4n) is 2.93. The highest BCUT2D eigenvalue weighted by Crippen LogP contribution is 2.35. The summed E-state index contributed by atoms with van der Waals surface area (Å²) in [7, 11) is 0. The summed E-state index contributed by atoms with van der Waals surface area (Å²) in [5.74, 6) is 1.55. The number of esters is 1. The molecule has 1 aliphatic rings. The number of rotatable bonds is 5. The Balaban J connectivity index is 1.52. The Hall–Kier alpha value is -4.40. The summed E-state index contributed by atoms with van der Waals surface area (Å²) >= 11 is 0. The van der Waals surface area contributed by atoms with Gasteiger partial charge in [-0.15, -0.1) is 5.10 Å². The van der Waals surface area contributed by atoms with Gasteiger partial charge in [-0.1, -0.05) is 30.3 Å². The number of tetrazole rings is 1. The van der Waals surface area contributed by atoms with Gasteiger partial charge >= 0.3 is 5.97 Å². The summed E-state index contributed by atoms with van der Waals surface area (Å²) in [6, 6.07) is 17.6. The van der Waals surface area contributed by atoms with E-state index in [0.29, 0.717) is 28.8 Å². The third kappa shape index (κ3) is 3.39. The van der Waals surface area contributed by atoms with Crippen LogP contribution < -0.4 is 14.2 Å². The quantitative estimate of drug-likeness (QED) is 0.285. The van der Waals surface area contributed by atoms with Gasteiger partial charge in [0.1, 0.15) is 11.5 Å². The van der Waals surface area contributed by atoms with Crippen LogP contribution >= 0.6 is 0 Å². The second-order valence-corrected chi connectivity index (χ2v) is 6.23. The van der Waals surface area contributed by atoms with Gasteiger partial charge in [0.15, 0.2) is 23.0 Å². The van der Waals surface area contributed by atoms with E-state index in [-0.39, 0.29) is 12.5 Å². The SMILES string of the molecule is O=C(Oc1ccc2c(c1)OCO2)C(=Cc1ccco1)n1nnnc1-c1ccccc1. The lowest BCUT2D eigenvalue weighted by molar-refractivity contribution is -0.128. The van der Waals surface area contributed by atoms with Crippen LogP contribution in [-0.4, -0.2) is 33.0 Å². The van der Waals surface area contributed by atoms with E-state index >= 15 is 0 Å².